The fourth-order valence-electron chi connectivity index (χ4n) is 3.91. The van der Waals surface area contributed by atoms with Crippen LogP contribution in [0.4, 0.5) is 0 Å². The van der Waals surface area contributed by atoms with Crippen LogP contribution in [0.5, 0.6) is 17.2 Å². The van der Waals surface area contributed by atoms with Crippen LogP contribution in [-0.2, 0) is 13.0 Å². The SMILES string of the molecule is COc1cc(CN2C(=O)c3ccccc3/C2=C\Cc2ccccc2)cc(OC)c1OC. The molecule has 0 bridgehead atoms. The van der Waals surface area contributed by atoms with Crippen molar-refractivity contribution in [3.63, 3.8) is 0 Å². The summed E-state index contributed by atoms with van der Waals surface area (Å²) in [5.74, 6) is 1.65. The topological polar surface area (TPSA) is 48.0 Å². The van der Waals surface area contributed by atoms with Crippen LogP contribution in [0.3, 0.4) is 0 Å². The number of carbonyl (C=O) groups is 1. The molecule has 5 nitrogen and oxygen atoms in total. The molecule has 0 aliphatic carbocycles. The van der Waals surface area contributed by atoms with Crippen molar-refractivity contribution in [1.29, 1.82) is 0 Å². The van der Waals surface area contributed by atoms with Crippen LogP contribution < -0.4 is 14.2 Å². The molecule has 0 N–H and O–H groups in total. The molecular weight excluding hydrogens is 390 g/mol. The lowest BCUT2D eigenvalue weighted by molar-refractivity contribution is 0.0842. The first kappa shape index (κ1) is 20.5. The van der Waals surface area contributed by atoms with Crippen LogP contribution in [0.2, 0.25) is 0 Å². The minimum absolute atomic E-state index is 0.0105. The summed E-state index contributed by atoms with van der Waals surface area (Å²) in [6.45, 7) is 0.394. The molecule has 0 radical (unpaired) electrons. The second kappa shape index (κ2) is 8.96. The van der Waals surface area contributed by atoms with Gasteiger partial charge < -0.3 is 19.1 Å². The monoisotopic (exact) mass is 415 g/mol. The molecule has 0 spiro atoms. The third-order valence-electron chi connectivity index (χ3n) is 5.41. The number of fused-ring (bicyclic) bond motifs is 1. The summed E-state index contributed by atoms with van der Waals surface area (Å²) in [6, 6.07) is 21.7. The fraction of sp³-hybridized carbons (Fsp3) is 0.192. The number of nitrogens with zero attached hydrogens (tertiary/aromatic N) is 1. The van der Waals surface area contributed by atoms with Gasteiger partial charge in [0.2, 0.25) is 5.75 Å². The molecule has 0 atom stereocenters. The van der Waals surface area contributed by atoms with E-state index < -0.39 is 0 Å². The van der Waals surface area contributed by atoms with E-state index in [0.29, 0.717) is 29.4 Å². The number of benzene rings is 3. The first-order valence-corrected chi connectivity index (χ1v) is 10.1. The fourth-order valence-corrected chi connectivity index (χ4v) is 3.91. The molecule has 4 rings (SSSR count). The Kier molecular flexibility index (Phi) is 5.94. The van der Waals surface area contributed by atoms with Crippen molar-refractivity contribution in [2.75, 3.05) is 21.3 Å². The average molecular weight is 415 g/mol. The van der Waals surface area contributed by atoms with Gasteiger partial charge >= 0.3 is 0 Å². The van der Waals surface area contributed by atoms with Crippen LogP contribution in [0.25, 0.3) is 5.70 Å². The molecule has 1 amide bonds. The summed E-state index contributed by atoms with van der Waals surface area (Å²) >= 11 is 0. The molecule has 1 heterocycles. The van der Waals surface area contributed by atoms with E-state index >= 15 is 0 Å². The smallest absolute Gasteiger partial charge is 0.259 e. The molecule has 0 aromatic heterocycles. The third-order valence-corrected chi connectivity index (χ3v) is 5.41. The highest BCUT2D eigenvalue weighted by atomic mass is 16.5. The van der Waals surface area contributed by atoms with E-state index in [1.165, 1.54) is 5.56 Å². The first-order chi connectivity index (χ1) is 15.2. The lowest BCUT2D eigenvalue weighted by Crippen LogP contribution is -2.23. The van der Waals surface area contributed by atoms with Gasteiger partial charge in [-0.15, -0.1) is 0 Å². The molecule has 1 aliphatic heterocycles. The number of allylic oxidation sites excluding steroid dienone is 1. The Hall–Kier alpha value is -3.73. The zero-order valence-corrected chi connectivity index (χ0v) is 17.9. The molecular formula is C26H25NO4. The third kappa shape index (κ3) is 3.99. The van der Waals surface area contributed by atoms with E-state index in [0.717, 1.165) is 23.2 Å². The lowest BCUT2D eigenvalue weighted by Gasteiger charge is -2.21. The Morgan fingerprint density at radius 1 is 0.774 bits per heavy atom. The van der Waals surface area contributed by atoms with Gasteiger partial charge in [0.1, 0.15) is 0 Å². The number of hydrogen-bond donors (Lipinski definition) is 0. The van der Waals surface area contributed by atoms with E-state index in [1.54, 1.807) is 21.3 Å². The second-order valence-corrected chi connectivity index (χ2v) is 7.25. The zero-order valence-electron chi connectivity index (χ0n) is 17.9. The highest BCUT2D eigenvalue weighted by Crippen LogP contribution is 2.40. The van der Waals surface area contributed by atoms with E-state index in [1.807, 2.05) is 59.5 Å². The Bertz CT molecular complexity index is 1100. The Balaban J connectivity index is 1.72. The van der Waals surface area contributed by atoms with Gasteiger partial charge in [-0.25, -0.2) is 0 Å². The largest absolute Gasteiger partial charge is 0.493 e. The van der Waals surface area contributed by atoms with Crippen molar-refractivity contribution < 1.29 is 19.0 Å². The van der Waals surface area contributed by atoms with Crippen molar-refractivity contribution in [2.24, 2.45) is 0 Å². The molecule has 0 saturated heterocycles. The summed E-state index contributed by atoms with van der Waals surface area (Å²) in [6.07, 6.45) is 2.86. The first-order valence-electron chi connectivity index (χ1n) is 10.1. The molecule has 0 fully saturated rings. The van der Waals surface area contributed by atoms with Gasteiger partial charge in [0.25, 0.3) is 5.91 Å². The van der Waals surface area contributed by atoms with Crippen molar-refractivity contribution in [3.8, 4) is 17.2 Å². The average Bonchev–Trinajstić information content (AvgIpc) is 3.08. The minimum Gasteiger partial charge on any atom is -0.493 e. The molecule has 0 unspecified atom stereocenters. The van der Waals surface area contributed by atoms with Gasteiger partial charge in [-0.2, -0.15) is 0 Å². The van der Waals surface area contributed by atoms with Gasteiger partial charge in [-0.3, -0.25) is 4.79 Å². The number of rotatable bonds is 7. The summed E-state index contributed by atoms with van der Waals surface area (Å²) < 4.78 is 16.4. The van der Waals surface area contributed by atoms with Crippen molar-refractivity contribution in [3.05, 3.63) is 95.1 Å². The maximum absolute atomic E-state index is 13.3. The lowest BCUT2D eigenvalue weighted by atomic mass is 10.1. The van der Waals surface area contributed by atoms with Gasteiger partial charge in [-0.05, 0) is 35.7 Å². The summed E-state index contributed by atoms with van der Waals surface area (Å²) in [7, 11) is 4.75. The Morgan fingerprint density at radius 2 is 1.39 bits per heavy atom. The maximum Gasteiger partial charge on any atom is 0.259 e. The van der Waals surface area contributed by atoms with Gasteiger partial charge in [0.15, 0.2) is 11.5 Å². The van der Waals surface area contributed by atoms with Gasteiger partial charge in [0, 0.05) is 16.8 Å². The number of carbonyl (C=O) groups excluding carboxylic acids is 1. The molecule has 31 heavy (non-hydrogen) atoms. The molecule has 3 aromatic rings. The molecule has 0 saturated carbocycles. The van der Waals surface area contributed by atoms with Gasteiger partial charge in [0.05, 0.1) is 27.9 Å². The van der Waals surface area contributed by atoms with Crippen LogP contribution in [-0.4, -0.2) is 32.1 Å². The van der Waals surface area contributed by atoms with Crippen LogP contribution in [0.1, 0.15) is 27.0 Å². The van der Waals surface area contributed by atoms with E-state index in [-0.39, 0.29) is 5.91 Å². The number of ether oxygens (including phenoxy) is 3. The van der Waals surface area contributed by atoms with Gasteiger partial charge in [-0.1, -0.05) is 54.6 Å². The van der Waals surface area contributed by atoms with Crippen LogP contribution in [0.15, 0.2) is 72.8 Å². The molecule has 1 aliphatic rings. The number of hydrogen-bond acceptors (Lipinski definition) is 4. The van der Waals surface area contributed by atoms with Crippen LogP contribution >= 0.6 is 0 Å². The quantitative estimate of drug-likeness (QED) is 0.548. The Labute approximate surface area is 182 Å². The van der Waals surface area contributed by atoms with Crippen LogP contribution in [0, 0.1) is 0 Å². The molecule has 158 valence electrons. The van der Waals surface area contributed by atoms with E-state index in [9.17, 15) is 4.79 Å². The summed E-state index contributed by atoms with van der Waals surface area (Å²) in [4.78, 5) is 15.1. The maximum atomic E-state index is 13.3. The minimum atomic E-state index is -0.0105. The summed E-state index contributed by atoms with van der Waals surface area (Å²) in [5.41, 5.74) is 4.67. The number of methoxy groups -OCH3 is 3. The Morgan fingerprint density at radius 3 is 2.00 bits per heavy atom. The molecule has 5 heteroatoms. The standard InChI is InChI=1S/C26H25NO4/c1-29-23-15-19(16-24(30-2)25(23)31-3)17-27-22(14-13-18-9-5-4-6-10-18)20-11-7-8-12-21(20)26(27)28/h4-12,14-16H,13,17H2,1-3H3/b22-14+. The highest BCUT2D eigenvalue weighted by molar-refractivity contribution is 6.09. The van der Waals surface area contributed by atoms with Crippen molar-refractivity contribution in [1.82, 2.24) is 4.90 Å². The van der Waals surface area contributed by atoms with E-state index in [4.69, 9.17) is 14.2 Å². The summed E-state index contributed by atoms with van der Waals surface area (Å²) in [5, 5.41) is 0. The highest BCUT2D eigenvalue weighted by Gasteiger charge is 2.32. The zero-order chi connectivity index (χ0) is 21.8. The van der Waals surface area contributed by atoms with E-state index in [2.05, 4.69) is 18.2 Å². The van der Waals surface area contributed by atoms with Crippen molar-refractivity contribution in [2.45, 2.75) is 13.0 Å². The van der Waals surface area contributed by atoms with Crippen molar-refractivity contribution >= 4 is 11.6 Å². The predicted molar refractivity (Wildman–Crippen MR) is 121 cm³/mol. The number of amides is 1. The predicted octanol–water partition coefficient (Wildman–Crippen LogP) is 4.95. The normalized spacial score (nSPS) is 14.0. The molecule has 3 aromatic carbocycles. The second-order valence-electron chi connectivity index (χ2n) is 7.25.